The predicted molar refractivity (Wildman–Crippen MR) is 70.8 cm³/mol. The highest BCUT2D eigenvalue weighted by molar-refractivity contribution is 5.96. The smallest absolute Gasteiger partial charge is 0.247 e. The van der Waals surface area contributed by atoms with Crippen molar-refractivity contribution in [2.24, 2.45) is 0 Å². The molecule has 8 nitrogen and oxygen atoms in total. The van der Waals surface area contributed by atoms with Crippen LogP contribution in [0.25, 0.3) is 0 Å². The van der Waals surface area contributed by atoms with Crippen LogP contribution >= 0.6 is 0 Å². The molecule has 0 saturated heterocycles. The maximum atomic E-state index is 11.8. The van der Waals surface area contributed by atoms with Crippen LogP contribution in [0.4, 0.5) is 5.82 Å². The number of nitrogens with zero attached hydrogens (tertiary/aromatic N) is 1. The van der Waals surface area contributed by atoms with Gasteiger partial charge in [0.15, 0.2) is 5.82 Å². The molecule has 0 saturated carbocycles. The summed E-state index contributed by atoms with van der Waals surface area (Å²) in [5.41, 5.74) is 0. The SMILES string of the molecule is CC(=O)NCCC(=O)NC(C)C(=O)Nc1cc(C)on1. The van der Waals surface area contributed by atoms with Gasteiger partial charge in [0.05, 0.1) is 0 Å². The first-order chi connectivity index (χ1) is 9.38. The highest BCUT2D eigenvalue weighted by Crippen LogP contribution is 2.07. The van der Waals surface area contributed by atoms with Crippen molar-refractivity contribution in [2.45, 2.75) is 33.2 Å². The molecule has 0 aromatic carbocycles. The van der Waals surface area contributed by atoms with E-state index in [4.69, 9.17) is 4.52 Å². The fourth-order valence-electron chi connectivity index (χ4n) is 1.39. The second kappa shape index (κ2) is 7.27. The summed E-state index contributed by atoms with van der Waals surface area (Å²) in [6.07, 6.45) is 0.111. The van der Waals surface area contributed by atoms with Gasteiger partial charge in [0, 0.05) is 26.0 Å². The van der Waals surface area contributed by atoms with Crippen LogP contribution in [0, 0.1) is 6.92 Å². The average molecular weight is 282 g/mol. The number of aromatic nitrogens is 1. The van der Waals surface area contributed by atoms with Crippen LogP contribution in [0.15, 0.2) is 10.6 Å². The van der Waals surface area contributed by atoms with Gasteiger partial charge in [-0.25, -0.2) is 0 Å². The zero-order valence-electron chi connectivity index (χ0n) is 11.6. The molecule has 0 aliphatic heterocycles. The van der Waals surface area contributed by atoms with Crippen LogP contribution in [0.3, 0.4) is 0 Å². The zero-order valence-corrected chi connectivity index (χ0v) is 11.6. The van der Waals surface area contributed by atoms with E-state index in [1.807, 2.05) is 0 Å². The molecule has 1 heterocycles. The lowest BCUT2D eigenvalue weighted by molar-refractivity contribution is -0.126. The van der Waals surface area contributed by atoms with Gasteiger partial charge in [-0.05, 0) is 13.8 Å². The van der Waals surface area contributed by atoms with Crippen LogP contribution in [0.2, 0.25) is 0 Å². The maximum Gasteiger partial charge on any atom is 0.247 e. The standard InChI is InChI=1S/C12H18N4O4/c1-7-6-10(16-20-7)15-12(19)8(2)14-11(18)4-5-13-9(3)17/h6,8H,4-5H2,1-3H3,(H,13,17)(H,14,18)(H,15,16,19). The molecule has 1 aromatic heterocycles. The van der Waals surface area contributed by atoms with E-state index in [2.05, 4.69) is 21.1 Å². The predicted octanol–water partition coefficient (Wildman–Crippen LogP) is -0.0476. The summed E-state index contributed by atoms with van der Waals surface area (Å²) in [5.74, 6) is -0.0481. The number of hydrogen-bond donors (Lipinski definition) is 3. The molecule has 20 heavy (non-hydrogen) atoms. The minimum atomic E-state index is -0.711. The number of aryl methyl sites for hydroxylation is 1. The average Bonchev–Trinajstić information content (AvgIpc) is 2.74. The van der Waals surface area contributed by atoms with E-state index in [1.54, 1.807) is 19.9 Å². The molecule has 0 aliphatic carbocycles. The van der Waals surface area contributed by atoms with Gasteiger partial charge in [0.25, 0.3) is 0 Å². The highest BCUT2D eigenvalue weighted by atomic mass is 16.5. The van der Waals surface area contributed by atoms with E-state index in [1.165, 1.54) is 6.92 Å². The van der Waals surface area contributed by atoms with Crippen molar-refractivity contribution in [3.63, 3.8) is 0 Å². The summed E-state index contributed by atoms with van der Waals surface area (Å²) < 4.78 is 4.81. The third kappa shape index (κ3) is 5.51. The third-order valence-electron chi connectivity index (χ3n) is 2.38. The second-order valence-corrected chi connectivity index (χ2v) is 4.33. The minimum absolute atomic E-state index is 0.111. The fraction of sp³-hybridized carbons (Fsp3) is 0.500. The van der Waals surface area contributed by atoms with Crippen molar-refractivity contribution in [1.29, 1.82) is 0 Å². The van der Waals surface area contributed by atoms with Crippen LogP contribution in [-0.4, -0.2) is 35.5 Å². The first-order valence-corrected chi connectivity index (χ1v) is 6.16. The lowest BCUT2D eigenvalue weighted by Crippen LogP contribution is -2.42. The Kier molecular flexibility index (Phi) is 5.70. The monoisotopic (exact) mass is 282 g/mol. The van der Waals surface area contributed by atoms with Crippen LogP contribution in [-0.2, 0) is 14.4 Å². The summed E-state index contributed by atoms with van der Waals surface area (Å²) in [7, 11) is 0. The Morgan fingerprint density at radius 2 is 2.10 bits per heavy atom. The van der Waals surface area contributed by atoms with Gasteiger partial charge in [0.2, 0.25) is 17.7 Å². The second-order valence-electron chi connectivity index (χ2n) is 4.33. The maximum absolute atomic E-state index is 11.8. The summed E-state index contributed by atoms with van der Waals surface area (Å²) in [6, 6.07) is 0.861. The normalized spacial score (nSPS) is 11.6. The number of carbonyl (C=O) groups is 3. The van der Waals surface area contributed by atoms with E-state index >= 15 is 0 Å². The minimum Gasteiger partial charge on any atom is -0.360 e. The number of hydrogen-bond acceptors (Lipinski definition) is 5. The molecule has 3 amide bonds. The van der Waals surface area contributed by atoms with Crippen molar-refractivity contribution in [3.05, 3.63) is 11.8 Å². The number of amides is 3. The molecule has 8 heteroatoms. The Hall–Kier alpha value is -2.38. The fourth-order valence-corrected chi connectivity index (χ4v) is 1.39. The number of anilines is 1. The van der Waals surface area contributed by atoms with E-state index in [0.29, 0.717) is 11.6 Å². The summed E-state index contributed by atoms with van der Waals surface area (Å²) in [6.45, 7) is 4.86. The van der Waals surface area contributed by atoms with Gasteiger partial charge in [-0.15, -0.1) is 0 Å². The van der Waals surface area contributed by atoms with Crippen LogP contribution in [0.1, 0.15) is 26.0 Å². The summed E-state index contributed by atoms with van der Waals surface area (Å²) in [5, 5.41) is 11.2. The molecule has 0 aliphatic rings. The molecular weight excluding hydrogens is 264 g/mol. The van der Waals surface area contributed by atoms with Crippen LogP contribution < -0.4 is 16.0 Å². The Balaban J connectivity index is 2.33. The van der Waals surface area contributed by atoms with E-state index in [-0.39, 0.29) is 24.8 Å². The van der Waals surface area contributed by atoms with E-state index in [9.17, 15) is 14.4 Å². The molecule has 0 bridgehead atoms. The van der Waals surface area contributed by atoms with Crippen molar-refractivity contribution in [1.82, 2.24) is 15.8 Å². The van der Waals surface area contributed by atoms with Gasteiger partial charge in [-0.2, -0.15) is 0 Å². The van der Waals surface area contributed by atoms with Crippen LogP contribution in [0.5, 0.6) is 0 Å². The zero-order chi connectivity index (χ0) is 15.1. The lowest BCUT2D eigenvalue weighted by Gasteiger charge is -2.12. The molecule has 110 valence electrons. The third-order valence-corrected chi connectivity index (χ3v) is 2.38. The van der Waals surface area contributed by atoms with Gasteiger partial charge in [-0.3, -0.25) is 14.4 Å². The van der Waals surface area contributed by atoms with Crippen molar-refractivity contribution in [2.75, 3.05) is 11.9 Å². The molecule has 1 rings (SSSR count). The number of nitrogens with one attached hydrogen (secondary N) is 3. The van der Waals surface area contributed by atoms with Crippen molar-refractivity contribution < 1.29 is 18.9 Å². The first-order valence-electron chi connectivity index (χ1n) is 6.16. The quantitative estimate of drug-likeness (QED) is 0.677. The van der Waals surface area contributed by atoms with Crippen molar-refractivity contribution >= 4 is 23.5 Å². The number of rotatable bonds is 6. The van der Waals surface area contributed by atoms with Gasteiger partial charge in [-0.1, -0.05) is 5.16 Å². The summed E-state index contributed by atoms with van der Waals surface area (Å²) >= 11 is 0. The van der Waals surface area contributed by atoms with Gasteiger partial charge < -0.3 is 20.5 Å². The molecule has 1 unspecified atom stereocenters. The molecule has 1 aromatic rings. The first kappa shape index (κ1) is 15.7. The topological polar surface area (TPSA) is 113 Å². The van der Waals surface area contributed by atoms with Crippen molar-refractivity contribution in [3.8, 4) is 0 Å². The Morgan fingerprint density at radius 1 is 1.40 bits per heavy atom. The molecular formula is C12H18N4O4. The summed E-state index contributed by atoms with van der Waals surface area (Å²) in [4.78, 5) is 33.9. The largest absolute Gasteiger partial charge is 0.360 e. The Labute approximate surface area is 116 Å². The van der Waals surface area contributed by atoms with E-state index < -0.39 is 11.9 Å². The Bertz CT molecular complexity index is 497. The Morgan fingerprint density at radius 3 is 2.65 bits per heavy atom. The highest BCUT2D eigenvalue weighted by Gasteiger charge is 2.16. The van der Waals surface area contributed by atoms with E-state index in [0.717, 1.165) is 0 Å². The molecule has 0 fully saturated rings. The molecule has 0 spiro atoms. The van der Waals surface area contributed by atoms with Gasteiger partial charge >= 0.3 is 0 Å². The molecule has 3 N–H and O–H groups in total. The molecule has 0 radical (unpaired) electrons. The molecule has 1 atom stereocenters. The number of carbonyl (C=O) groups excluding carboxylic acids is 3. The lowest BCUT2D eigenvalue weighted by atomic mass is 10.3. The van der Waals surface area contributed by atoms with Gasteiger partial charge in [0.1, 0.15) is 11.8 Å².